The van der Waals surface area contributed by atoms with Gasteiger partial charge in [0, 0.05) is 6.04 Å². The molecule has 0 heterocycles. The molecular weight excluding hydrogens is 243 g/mol. The van der Waals surface area contributed by atoms with Crippen molar-refractivity contribution in [2.45, 2.75) is 32.2 Å². The molecule has 0 radical (unpaired) electrons. The Morgan fingerprint density at radius 2 is 1.89 bits per heavy atom. The third-order valence-electron chi connectivity index (χ3n) is 2.99. The van der Waals surface area contributed by atoms with Crippen molar-refractivity contribution < 1.29 is 17.9 Å². The van der Waals surface area contributed by atoms with Gasteiger partial charge in [0.1, 0.15) is 5.75 Å². The lowest BCUT2D eigenvalue weighted by Gasteiger charge is -2.18. The standard InChI is InChI=1S/C13H16F3NO/c1-2-17-12(9-3-4-9)10-5-7-11(8-6-10)18-13(14,15)16/h5-9,12,17H,2-4H2,1H3. The first kappa shape index (κ1) is 13.2. The zero-order valence-electron chi connectivity index (χ0n) is 10.1. The van der Waals surface area contributed by atoms with E-state index in [1.807, 2.05) is 6.92 Å². The smallest absolute Gasteiger partial charge is 0.406 e. The highest BCUT2D eigenvalue weighted by Gasteiger charge is 2.33. The molecule has 0 bridgehead atoms. The number of alkyl halides is 3. The van der Waals surface area contributed by atoms with E-state index in [1.165, 1.54) is 25.0 Å². The fourth-order valence-electron chi connectivity index (χ4n) is 2.08. The summed E-state index contributed by atoms with van der Waals surface area (Å²) in [4.78, 5) is 0. The third kappa shape index (κ3) is 3.63. The molecule has 2 rings (SSSR count). The number of ether oxygens (including phenoxy) is 1. The summed E-state index contributed by atoms with van der Waals surface area (Å²) >= 11 is 0. The minimum Gasteiger partial charge on any atom is -0.406 e. The van der Waals surface area contributed by atoms with E-state index in [1.54, 1.807) is 12.1 Å². The van der Waals surface area contributed by atoms with E-state index in [0.29, 0.717) is 5.92 Å². The minimum atomic E-state index is -4.63. The van der Waals surface area contributed by atoms with Crippen LogP contribution >= 0.6 is 0 Å². The number of hydrogen-bond donors (Lipinski definition) is 1. The van der Waals surface area contributed by atoms with Crippen molar-refractivity contribution in [3.8, 4) is 5.75 Å². The van der Waals surface area contributed by atoms with Crippen LogP contribution in [0, 0.1) is 5.92 Å². The summed E-state index contributed by atoms with van der Waals surface area (Å²) < 4.78 is 39.9. The maximum Gasteiger partial charge on any atom is 0.573 e. The molecule has 1 aromatic carbocycles. The van der Waals surface area contributed by atoms with Crippen LogP contribution in [0.15, 0.2) is 24.3 Å². The first-order chi connectivity index (χ1) is 8.49. The van der Waals surface area contributed by atoms with E-state index >= 15 is 0 Å². The van der Waals surface area contributed by atoms with Gasteiger partial charge >= 0.3 is 6.36 Å². The predicted molar refractivity (Wildman–Crippen MR) is 62.3 cm³/mol. The van der Waals surface area contributed by atoms with Crippen LogP contribution in [-0.4, -0.2) is 12.9 Å². The topological polar surface area (TPSA) is 21.3 Å². The Morgan fingerprint density at radius 3 is 2.33 bits per heavy atom. The summed E-state index contributed by atoms with van der Waals surface area (Å²) in [6, 6.07) is 6.39. The van der Waals surface area contributed by atoms with Gasteiger partial charge in [-0.1, -0.05) is 19.1 Å². The molecule has 1 aromatic rings. The highest BCUT2D eigenvalue weighted by atomic mass is 19.4. The number of rotatable bonds is 5. The molecule has 1 atom stereocenters. The molecule has 18 heavy (non-hydrogen) atoms. The molecule has 0 aliphatic heterocycles. The first-order valence-corrected chi connectivity index (χ1v) is 6.08. The Balaban J connectivity index is 2.06. The Kier molecular flexibility index (Phi) is 3.80. The summed E-state index contributed by atoms with van der Waals surface area (Å²) in [5.74, 6) is 0.441. The van der Waals surface area contributed by atoms with E-state index in [4.69, 9.17) is 0 Å². The lowest BCUT2D eigenvalue weighted by Crippen LogP contribution is -2.22. The Morgan fingerprint density at radius 1 is 1.28 bits per heavy atom. The largest absolute Gasteiger partial charge is 0.573 e. The maximum absolute atomic E-state index is 12.0. The average Bonchev–Trinajstić information content (AvgIpc) is 3.09. The molecule has 1 saturated carbocycles. The molecule has 0 saturated heterocycles. The highest BCUT2D eigenvalue weighted by molar-refractivity contribution is 5.30. The van der Waals surface area contributed by atoms with Crippen LogP contribution in [0.5, 0.6) is 5.75 Å². The zero-order chi connectivity index (χ0) is 13.2. The van der Waals surface area contributed by atoms with Crippen molar-refractivity contribution in [1.82, 2.24) is 5.32 Å². The predicted octanol–water partition coefficient (Wildman–Crippen LogP) is 3.65. The van der Waals surface area contributed by atoms with Gasteiger partial charge in [-0.05, 0) is 43.0 Å². The lowest BCUT2D eigenvalue weighted by molar-refractivity contribution is -0.274. The van der Waals surface area contributed by atoms with E-state index in [2.05, 4.69) is 10.1 Å². The summed E-state index contributed by atoms with van der Waals surface area (Å²) in [6.07, 6.45) is -2.27. The molecule has 1 N–H and O–H groups in total. The van der Waals surface area contributed by atoms with Gasteiger partial charge in [-0.25, -0.2) is 0 Å². The Bertz CT molecular complexity index is 384. The van der Waals surface area contributed by atoms with Crippen molar-refractivity contribution in [2.24, 2.45) is 5.92 Å². The average molecular weight is 259 g/mol. The summed E-state index contributed by atoms with van der Waals surface area (Å²) in [5.41, 5.74) is 1.02. The van der Waals surface area contributed by atoms with Gasteiger partial charge < -0.3 is 10.1 Å². The van der Waals surface area contributed by atoms with Gasteiger partial charge in [0.05, 0.1) is 0 Å². The lowest BCUT2D eigenvalue weighted by atomic mass is 10.0. The number of benzene rings is 1. The molecule has 2 nitrogen and oxygen atoms in total. The molecule has 0 amide bonds. The van der Waals surface area contributed by atoms with Crippen molar-refractivity contribution in [3.05, 3.63) is 29.8 Å². The van der Waals surface area contributed by atoms with Gasteiger partial charge in [-0.3, -0.25) is 0 Å². The van der Waals surface area contributed by atoms with Gasteiger partial charge in [-0.2, -0.15) is 0 Å². The molecule has 1 aliphatic carbocycles. The van der Waals surface area contributed by atoms with Gasteiger partial charge in [-0.15, -0.1) is 13.2 Å². The van der Waals surface area contributed by atoms with E-state index in [9.17, 15) is 13.2 Å². The van der Waals surface area contributed by atoms with Crippen molar-refractivity contribution in [3.63, 3.8) is 0 Å². The quantitative estimate of drug-likeness (QED) is 0.871. The number of halogens is 3. The Hall–Kier alpha value is -1.23. The fraction of sp³-hybridized carbons (Fsp3) is 0.538. The van der Waals surface area contributed by atoms with Gasteiger partial charge in [0.2, 0.25) is 0 Å². The summed E-state index contributed by atoms with van der Waals surface area (Å²) in [6.45, 7) is 2.87. The molecule has 1 aliphatic rings. The molecule has 0 aromatic heterocycles. The molecule has 1 unspecified atom stereocenters. The minimum absolute atomic E-state index is 0.169. The van der Waals surface area contributed by atoms with Crippen molar-refractivity contribution in [2.75, 3.05) is 6.54 Å². The van der Waals surface area contributed by atoms with Crippen LogP contribution in [0.1, 0.15) is 31.4 Å². The molecule has 100 valence electrons. The second kappa shape index (κ2) is 5.18. The SMILES string of the molecule is CCNC(c1ccc(OC(F)(F)F)cc1)C1CC1. The van der Waals surface area contributed by atoms with Crippen LogP contribution < -0.4 is 10.1 Å². The van der Waals surface area contributed by atoms with Crippen molar-refractivity contribution in [1.29, 1.82) is 0 Å². The highest BCUT2D eigenvalue weighted by Crippen LogP contribution is 2.41. The van der Waals surface area contributed by atoms with E-state index < -0.39 is 6.36 Å². The maximum atomic E-state index is 12.0. The number of nitrogens with one attached hydrogen (secondary N) is 1. The van der Waals surface area contributed by atoms with Crippen LogP contribution in [0.3, 0.4) is 0 Å². The van der Waals surface area contributed by atoms with Crippen LogP contribution in [0.25, 0.3) is 0 Å². The molecule has 5 heteroatoms. The monoisotopic (exact) mass is 259 g/mol. The molecule has 1 fully saturated rings. The van der Waals surface area contributed by atoms with Crippen LogP contribution in [0.4, 0.5) is 13.2 Å². The van der Waals surface area contributed by atoms with Gasteiger partial charge in [0.15, 0.2) is 0 Å². The van der Waals surface area contributed by atoms with E-state index in [0.717, 1.165) is 12.1 Å². The summed E-state index contributed by atoms with van der Waals surface area (Å²) in [5, 5.41) is 3.37. The number of hydrogen-bond acceptors (Lipinski definition) is 2. The van der Waals surface area contributed by atoms with Crippen LogP contribution in [-0.2, 0) is 0 Å². The summed E-state index contributed by atoms with van der Waals surface area (Å²) in [7, 11) is 0. The van der Waals surface area contributed by atoms with Crippen LogP contribution in [0.2, 0.25) is 0 Å². The molecule has 0 spiro atoms. The zero-order valence-corrected chi connectivity index (χ0v) is 10.1. The third-order valence-corrected chi connectivity index (χ3v) is 2.99. The first-order valence-electron chi connectivity index (χ1n) is 6.08. The Labute approximate surface area is 104 Å². The fourth-order valence-corrected chi connectivity index (χ4v) is 2.08. The van der Waals surface area contributed by atoms with Crippen molar-refractivity contribution >= 4 is 0 Å². The van der Waals surface area contributed by atoms with Gasteiger partial charge in [0.25, 0.3) is 0 Å². The van der Waals surface area contributed by atoms with E-state index in [-0.39, 0.29) is 11.8 Å². The molecular formula is C13H16F3NO. The second-order valence-corrected chi connectivity index (χ2v) is 4.49. The second-order valence-electron chi connectivity index (χ2n) is 4.49. The normalized spacial score (nSPS) is 17.6.